The molecule has 2 aromatic heterocycles. The fraction of sp³-hybridized carbons (Fsp3) is 0.594. The Bertz CT molecular complexity index is 1220. The van der Waals surface area contributed by atoms with Gasteiger partial charge in [0.1, 0.15) is 0 Å². The van der Waals surface area contributed by atoms with Crippen LogP contribution in [0.3, 0.4) is 0 Å². The van der Waals surface area contributed by atoms with E-state index in [4.69, 9.17) is 4.98 Å². The highest BCUT2D eigenvalue weighted by Gasteiger charge is 2.22. The third-order valence-corrected chi connectivity index (χ3v) is 8.62. The molecule has 0 atom stereocenters. The van der Waals surface area contributed by atoms with Crippen LogP contribution in [0.2, 0.25) is 0 Å². The molecule has 1 aliphatic rings. The van der Waals surface area contributed by atoms with Crippen LogP contribution in [0.15, 0.2) is 35.7 Å². The number of hydrogen-bond acceptors (Lipinski definition) is 5. The van der Waals surface area contributed by atoms with Crippen molar-refractivity contribution in [1.29, 1.82) is 0 Å². The summed E-state index contributed by atoms with van der Waals surface area (Å²) in [5.41, 5.74) is 2.29. The van der Waals surface area contributed by atoms with Crippen molar-refractivity contribution in [1.82, 2.24) is 24.7 Å². The van der Waals surface area contributed by atoms with Gasteiger partial charge in [0.2, 0.25) is 0 Å². The largest absolute Gasteiger partial charge is 0.344 e. The van der Waals surface area contributed by atoms with Crippen LogP contribution in [0.25, 0.3) is 11.0 Å². The van der Waals surface area contributed by atoms with Gasteiger partial charge < -0.3 is 19.7 Å². The van der Waals surface area contributed by atoms with Crippen molar-refractivity contribution in [2.75, 3.05) is 32.7 Å². The molecule has 0 unspecified atom stereocenters. The first-order valence-corrected chi connectivity index (χ1v) is 16.0. The Morgan fingerprint density at radius 2 is 1.73 bits per heavy atom. The van der Waals surface area contributed by atoms with Crippen molar-refractivity contribution in [3.63, 3.8) is 0 Å². The van der Waals surface area contributed by atoms with Crippen molar-refractivity contribution in [2.24, 2.45) is 11.8 Å². The zero-order chi connectivity index (χ0) is 28.5. The molecule has 8 heteroatoms. The number of thiophene rings is 1. The van der Waals surface area contributed by atoms with Crippen LogP contribution in [0, 0.1) is 11.8 Å². The highest BCUT2D eigenvalue weighted by Crippen LogP contribution is 2.22. The maximum atomic E-state index is 13.7. The van der Waals surface area contributed by atoms with E-state index in [1.54, 1.807) is 11.3 Å². The molecule has 3 aromatic rings. The van der Waals surface area contributed by atoms with E-state index < -0.39 is 0 Å². The van der Waals surface area contributed by atoms with Gasteiger partial charge in [-0.1, -0.05) is 40.2 Å². The molecular formula is C32H47N5O2S. The van der Waals surface area contributed by atoms with E-state index in [1.807, 2.05) is 45.2 Å². The number of carbonyl (C=O) groups excluding carboxylic acids is 2. The summed E-state index contributed by atoms with van der Waals surface area (Å²) in [4.78, 5) is 37.5. The maximum Gasteiger partial charge on any atom is 0.287 e. The summed E-state index contributed by atoms with van der Waals surface area (Å²) in [6.45, 7) is 14.8. The van der Waals surface area contributed by atoms with Crippen molar-refractivity contribution in [2.45, 2.75) is 79.3 Å². The Balaban J connectivity index is 1.58. The average molecular weight is 566 g/mol. The second-order valence-corrected chi connectivity index (χ2v) is 13.0. The van der Waals surface area contributed by atoms with E-state index in [0.717, 1.165) is 67.9 Å². The second kappa shape index (κ2) is 14.8. The molecule has 3 heterocycles. The lowest BCUT2D eigenvalue weighted by Crippen LogP contribution is -2.34. The molecule has 1 N–H and O–H groups in total. The van der Waals surface area contributed by atoms with Gasteiger partial charge in [-0.25, -0.2) is 4.98 Å². The predicted octanol–water partition coefficient (Wildman–Crippen LogP) is 6.44. The van der Waals surface area contributed by atoms with Gasteiger partial charge in [0.05, 0.1) is 17.6 Å². The smallest absolute Gasteiger partial charge is 0.287 e. The Labute approximate surface area is 243 Å². The number of fused-ring (bicyclic) bond motifs is 1. The topological polar surface area (TPSA) is 70.5 Å². The Morgan fingerprint density at radius 1 is 1.00 bits per heavy atom. The molecule has 7 nitrogen and oxygen atoms in total. The number of carbonyl (C=O) groups is 2. The van der Waals surface area contributed by atoms with Crippen LogP contribution in [0.4, 0.5) is 0 Å². The minimum atomic E-state index is -0.175. The van der Waals surface area contributed by atoms with Gasteiger partial charge in [0.25, 0.3) is 11.8 Å². The number of likely N-dealkylation sites (tertiary alicyclic amines) is 1. The standard InChI is InChI=1S/C32H47N5O2S/c1-24(2)13-19-36(20-14-25(3)4)32(39)26-11-12-28-29(22-26)37(18-9-17-35-15-6-5-7-16-35)30(34-28)31(38)33-23-27-10-8-21-40-27/h8,10-12,21-22,24-25H,5-7,9,13-20,23H2,1-4H3,(H,33,38). The first-order chi connectivity index (χ1) is 19.3. The van der Waals surface area contributed by atoms with E-state index in [0.29, 0.717) is 36.3 Å². The van der Waals surface area contributed by atoms with Gasteiger partial charge in [-0.3, -0.25) is 9.59 Å². The van der Waals surface area contributed by atoms with Gasteiger partial charge >= 0.3 is 0 Å². The number of nitrogens with zero attached hydrogens (tertiary/aromatic N) is 4. The van der Waals surface area contributed by atoms with Gasteiger partial charge in [-0.15, -0.1) is 11.3 Å². The summed E-state index contributed by atoms with van der Waals surface area (Å²) in [6, 6.07) is 9.75. The van der Waals surface area contributed by atoms with E-state index >= 15 is 0 Å². The van der Waals surface area contributed by atoms with Crippen molar-refractivity contribution in [3.05, 3.63) is 52.0 Å². The molecule has 2 amide bonds. The number of aromatic nitrogens is 2. The molecule has 40 heavy (non-hydrogen) atoms. The minimum absolute atomic E-state index is 0.0629. The van der Waals surface area contributed by atoms with Gasteiger partial charge in [0.15, 0.2) is 5.82 Å². The molecule has 0 radical (unpaired) electrons. The number of rotatable bonds is 14. The van der Waals surface area contributed by atoms with Gasteiger partial charge in [-0.05, 0) is 93.2 Å². The van der Waals surface area contributed by atoms with Gasteiger partial charge in [-0.2, -0.15) is 0 Å². The number of aryl methyl sites for hydroxylation is 1. The zero-order valence-electron chi connectivity index (χ0n) is 24.8. The molecule has 1 aliphatic heterocycles. The molecule has 4 rings (SSSR count). The summed E-state index contributed by atoms with van der Waals surface area (Å²) < 4.78 is 2.03. The molecule has 1 saturated heterocycles. The summed E-state index contributed by atoms with van der Waals surface area (Å²) in [6.07, 6.45) is 6.74. The van der Waals surface area contributed by atoms with E-state index in [2.05, 4.69) is 37.9 Å². The number of piperidine rings is 1. The van der Waals surface area contributed by atoms with Crippen molar-refractivity contribution >= 4 is 34.2 Å². The van der Waals surface area contributed by atoms with Gasteiger partial charge in [0, 0.05) is 30.1 Å². The SMILES string of the molecule is CC(C)CCN(CCC(C)C)C(=O)c1ccc2nc(C(=O)NCc3cccs3)n(CCCN3CCCCC3)c2c1. The lowest BCUT2D eigenvalue weighted by atomic mass is 10.1. The lowest BCUT2D eigenvalue weighted by molar-refractivity contribution is 0.0740. The summed E-state index contributed by atoms with van der Waals surface area (Å²) in [5, 5.41) is 5.07. The van der Waals surface area contributed by atoms with Crippen LogP contribution in [0.1, 0.15) is 92.1 Å². The van der Waals surface area contributed by atoms with Crippen LogP contribution in [-0.2, 0) is 13.1 Å². The summed E-state index contributed by atoms with van der Waals surface area (Å²) in [5.74, 6) is 1.38. The Kier molecular flexibility index (Phi) is 11.2. The highest BCUT2D eigenvalue weighted by molar-refractivity contribution is 7.09. The third-order valence-electron chi connectivity index (χ3n) is 7.75. The fourth-order valence-corrected chi connectivity index (χ4v) is 5.92. The molecule has 0 bridgehead atoms. The minimum Gasteiger partial charge on any atom is -0.344 e. The molecule has 0 aliphatic carbocycles. The zero-order valence-corrected chi connectivity index (χ0v) is 25.6. The third kappa shape index (κ3) is 8.40. The lowest BCUT2D eigenvalue weighted by Gasteiger charge is -2.26. The number of nitrogens with one attached hydrogen (secondary N) is 1. The van der Waals surface area contributed by atoms with Crippen molar-refractivity contribution < 1.29 is 9.59 Å². The molecule has 0 saturated carbocycles. The van der Waals surface area contributed by atoms with E-state index in [9.17, 15) is 9.59 Å². The fourth-order valence-electron chi connectivity index (χ4n) is 5.28. The normalized spacial score (nSPS) is 14.3. The predicted molar refractivity (Wildman–Crippen MR) is 165 cm³/mol. The van der Waals surface area contributed by atoms with Crippen LogP contribution >= 0.6 is 11.3 Å². The molecular weight excluding hydrogens is 518 g/mol. The van der Waals surface area contributed by atoms with Crippen LogP contribution in [0.5, 0.6) is 0 Å². The first kappa shape index (κ1) is 30.3. The summed E-state index contributed by atoms with van der Waals surface area (Å²) in [7, 11) is 0. The van der Waals surface area contributed by atoms with Crippen LogP contribution in [-0.4, -0.2) is 63.9 Å². The average Bonchev–Trinajstić information content (AvgIpc) is 3.59. The second-order valence-electron chi connectivity index (χ2n) is 12.0. The molecule has 0 spiro atoms. The Hall–Kier alpha value is -2.71. The van der Waals surface area contributed by atoms with Crippen LogP contribution < -0.4 is 5.32 Å². The molecule has 218 valence electrons. The monoisotopic (exact) mass is 565 g/mol. The van der Waals surface area contributed by atoms with E-state index in [1.165, 1.54) is 19.3 Å². The van der Waals surface area contributed by atoms with Crippen molar-refractivity contribution in [3.8, 4) is 0 Å². The molecule has 1 fully saturated rings. The number of hydrogen-bond donors (Lipinski definition) is 1. The number of amides is 2. The summed E-state index contributed by atoms with van der Waals surface area (Å²) >= 11 is 1.63. The van der Waals surface area contributed by atoms with E-state index in [-0.39, 0.29) is 11.8 Å². The first-order valence-electron chi connectivity index (χ1n) is 15.1. The quantitative estimate of drug-likeness (QED) is 0.244. The Morgan fingerprint density at radius 3 is 2.38 bits per heavy atom. The number of imidazole rings is 1. The molecule has 1 aromatic carbocycles. The maximum absolute atomic E-state index is 13.7. The highest BCUT2D eigenvalue weighted by atomic mass is 32.1. The number of benzene rings is 1.